The van der Waals surface area contributed by atoms with Crippen molar-refractivity contribution in [1.82, 2.24) is 0 Å². The molecule has 0 amide bonds. The predicted molar refractivity (Wildman–Crippen MR) is 58.6 cm³/mol. The summed E-state index contributed by atoms with van der Waals surface area (Å²) in [6, 6.07) is 0. The Balaban J connectivity index is 1.63. The molecule has 0 radical (unpaired) electrons. The van der Waals surface area contributed by atoms with E-state index in [4.69, 9.17) is 9.47 Å². The highest BCUT2D eigenvalue weighted by Gasteiger charge is 2.20. The SMILES string of the molecule is CCCCCCCOCCCC1CO1. The standard InChI is InChI=1S/C12H24O2/c1-2-3-4-5-6-9-13-10-7-8-12-11-14-12/h12H,2-11H2,1H3. The van der Waals surface area contributed by atoms with E-state index in [1.165, 1.54) is 44.9 Å². The van der Waals surface area contributed by atoms with Crippen LogP contribution in [0, 0.1) is 0 Å². The number of ether oxygens (including phenoxy) is 2. The van der Waals surface area contributed by atoms with Crippen molar-refractivity contribution in [3.05, 3.63) is 0 Å². The molecule has 0 bridgehead atoms. The minimum absolute atomic E-state index is 0.572. The molecule has 0 aromatic carbocycles. The zero-order chi connectivity index (χ0) is 10.1. The molecule has 1 rings (SSSR count). The number of rotatable bonds is 10. The molecule has 0 N–H and O–H groups in total. The Bertz CT molecular complexity index is 121. The molecule has 0 aromatic rings. The van der Waals surface area contributed by atoms with Crippen LogP contribution >= 0.6 is 0 Å². The maximum Gasteiger partial charge on any atom is 0.0810 e. The Kier molecular flexibility index (Phi) is 7.06. The van der Waals surface area contributed by atoms with Gasteiger partial charge < -0.3 is 9.47 Å². The third-order valence-electron chi connectivity index (χ3n) is 2.61. The topological polar surface area (TPSA) is 21.8 Å². The van der Waals surface area contributed by atoms with Gasteiger partial charge in [0.05, 0.1) is 12.7 Å². The summed E-state index contributed by atoms with van der Waals surface area (Å²) in [7, 11) is 0. The van der Waals surface area contributed by atoms with Crippen molar-refractivity contribution in [1.29, 1.82) is 0 Å². The minimum atomic E-state index is 0.572. The Morgan fingerprint density at radius 2 is 1.79 bits per heavy atom. The van der Waals surface area contributed by atoms with Gasteiger partial charge in [-0.1, -0.05) is 32.6 Å². The smallest absolute Gasteiger partial charge is 0.0810 e. The van der Waals surface area contributed by atoms with Crippen molar-refractivity contribution >= 4 is 0 Å². The fraction of sp³-hybridized carbons (Fsp3) is 1.00. The van der Waals surface area contributed by atoms with E-state index >= 15 is 0 Å². The first-order valence-corrected chi connectivity index (χ1v) is 6.13. The van der Waals surface area contributed by atoms with Gasteiger partial charge in [0.1, 0.15) is 0 Å². The maximum atomic E-state index is 5.54. The summed E-state index contributed by atoms with van der Waals surface area (Å²) in [5.41, 5.74) is 0. The normalized spacial score (nSPS) is 19.9. The molecule has 1 heterocycles. The van der Waals surface area contributed by atoms with Gasteiger partial charge in [-0.25, -0.2) is 0 Å². The average molecular weight is 200 g/mol. The quantitative estimate of drug-likeness (QED) is 0.399. The van der Waals surface area contributed by atoms with Gasteiger partial charge in [0.25, 0.3) is 0 Å². The third-order valence-corrected chi connectivity index (χ3v) is 2.61. The van der Waals surface area contributed by atoms with Gasteiger partial charge in [-0.3, -0.25) is 0 Å². The Morgan fingerprint density at radius 1 is 1.07 bits per heavy atom. The number of hydrogen-bond donors (Lipinski definition) is 0. The lowest BCUT2D eigenvalue weighted by atomic mass is 10.2. The molecule has 1 aliphatic heterocycles. The highest BCUT2D eigenvalue weighted by Crippen LogP contribution is 2.15. The molecular formula is C12H24O2. The summed E-state index contributed by atoms with van der Waals surface area (Å²) in [6.45, 7) is 5.11. The lowest BCUT2D eigenvalue weighted by Gasteiger charge is -2.03. The van der Waals surface area contributed by atoms with Crippen LogP contribution in [0.2, 0.25) is 0 Å². The lowest BCUT2D eigenvalue weighted by Crippen LogP contribution is -1.98. The van der Waals surface area contributed by atoms with Gasteiger partial charge in [-0.15, -0.1) is 0 Å². The van der Waals surface area contributed by atoms with Crippen LogP contribution in [0.15, 0.2) is 0 Å². The summed E-state index contributed by atoms with van der Waals surface area (Å²) in [4.78, 5) is 0. The fourth-order valence-electron chi connectivity index (χ4n) is 1.56. The van der Waals surface area contributed by atoms with E-state index in [0.717, 1.165) is 19.8 Å². The molecule has 1 atom stereocenters. The van der Waals surface area contributed by atoms with E-state index in [0.29, 0.717) is 6.10 Å². The van der Waals surface area contributed by atoms with Crippen LogP contribution in [-0.2, 0) is 9.47 Å². The largest absolute Gasteiger partial charge is 0.381 e. The van der Waals surface area contributed by atoms with Crippen molar-refractivity contribution in [2.24, 2.45) is 0 Å². The van der Waals surface area contributed by atoms with E-state index < -0.39 is 0 Å². The first-order valence-electron chi connectivity index (χ1n) is 6.13. The van der Waals surface area contributed by atoms with E-state index in [1.807, 2.05) is 0 Å². The van der Waals surface area contributed by atoms with Gasteiger partial charge in [0.15, 0.2) is 0 Å². The highest BCUT2D eigenvalue weighted by atomic mass is 16.6. The second-order valence-corrected chi connectivity index (χ2v) is 4.12. The summed E-state index contributed by atoms with van der Waals surface area (Å²) in [5, 5.41) is 0. The number of epoxide rings is 1. The molecule has 1 unspecified atom stereocenters. The van der Waals surface area contributed by atoms with Crippen LogP contribution < -0.4 is 0 Å². The van der Waals surface area contributed by atoms with Crippen molar-refractivity contribution in [2.75, 3.05) is 19.8 Å². The molecule has 0 saturated carbocycles. The van der Waals surface area contributed by atoms with Crippen LogP contribution in [0.1, 0.15) is 51.9 Å². The minimum Gasteiger partial charge on any atom is -0.381 e. The van der Waals surface area contributed by atoms with Crippen LogP contribution in [0.25, 0.3) is 0 Å². The van der Waals surface area contributed by atoms with Gasteiger partial charge in [-0.05, 0) is 19.3 Å². The van der Waals surface area contributed by atoms with E-state index in [2.05, 4.69) is 6.92 Å². The second-order valence-electron chi connectivity index (χ2n) is 4.12. The predicted octanol–water partition coefficient (Wildman–Crippen LogP) is 3.15. The van der Waals surface area contributed by atoms with Crippen LogP contribution in [0.5, 0.6) is 0 Å². The fourth-order valence-corrected chi connectivity index (χ4v) is 1.56. The highest BCUT2D eigenvalue weighted by molar-refractivity contribution is 4.67. The summed E-state index contributed by atoms with van der Waals surface area (Å²) >= 11 is 0. The van der Waals surface area contributed by atoms with Crippen molar-refractivity contribution < 1.29 is 9.47 Å². The number of unbranched alkanes of at least 4 members (excludes halogenated alkanes) is 4. The van der Waals surface area contributed by atoms with Crippen LogP contribution in [-0.4, -0.2) is 25.9 Å². The van der Waals surface area contributed by atoms with Crippen molar-refractivity contribution in [2.45, 2.75) is 58.0 Å². The van der Waals surface area contributed by atoms with E-state index in [9.17, 15) is 0 Å². The van der Waals surface area contributed by atoms with Gasteiger partial charge in [-0.2, -0.15) is 0 Å². The van der Waals surface area contributed by atoms with E-state index in [1.54, 1.807) is 0 Å². The summed E-state index contributed by atoms with van der Waals surface area (Å²) in [6.07, 6.45) is 9.56. The Morgan fingerprint density at radius 3 is 2.50 bits per heavy atom. The molecule has 1 fully saturated rings. The average Bonchev–Trinajstić information content (AvgIpc) is 2.99. The Hall–Kier alpha value is -0.0800. The van der Waals surface area contributed by atoms with Gasteiger partial charge >= 0.3 is 0 Å². The zero-order valence-electron chi connectivity index (χ0n) is 9.46. The molecule has 1 aliphatic rings. The van der Waals surface area contributed by atoms with Gasteiger partial charge in [0, 0.05) is 13.2 Å². The molecule has 0 aliphatic carbocycles. The molecule has 84 valence electrons. The van der Waals surface area contributed by atoms with Crippen LogP contribution in [0.4, 0.5) is 0 Å². The summed E-state index contributed by atoms with van der Waals surface area (Å²) < 4.78 is 10.7. The Labute approximate surface area is 88.0 Å². The molecule has 1 saturated heterocycles. The van der Waals surface area contributed by atoms with Crippen molar-refractivity contribution in [3.63, 3.8) is 0 Å². The molecule has 2 heteroatoms. The monoisotopic (exact) mass is 200 g/mol. The number of hydrogen-bond acceptors (Lipinski definition) is 2. The molecule has 0 spiro atoms. The first kappa shape index (κ1) is 12.0. The molecule has 14 heavy (non-hydrogen) atoms. The third kappa shape index (κ3) is 7.34. The summed E-state index contributed by atoms with van der Waals surface area (Å²) in [5.74, 6) is 0. The zero-order valence-corrected chi connectivity index (χ0v) is 9.46. The lowest BCUT2D eigenvalue weighted by molar-refractivity contribution is 0.124. The van der Waals surface area contributed by atoms with Gasteiger partial charge in [0.2, 0.25) is 0 Å². The van der Waals surface area contributed by atoms with Crippen LogP contribution in [0.3, 0.4) is 0 Å². The molecule has 0 aromatic heterocycles. The first-order chi connectivity index (χ1) is 6.93. The second kappa shape index (κ2) is 8.25. The molecular weight excluding hydrogens is 176 g/mol. The van der Waals surface area contributed by atoms with Crippen molar-refractivity contribution in [3.8, 4) is 0 Å². The maximum absolute atomic E-state index is 5.54. The molecule has 2 nitrogen and oxygen atoms in total. The van der Waals surface area contributed by atoms with E-state index in [-0.39, 0.29) is 0 Å².